The summed E-state index contributed by atoms with van der Waals surface area (Å²) >= 11 is 0. The Bertz CT molecular complexity index is 416. The Morgan fingerprint density at radius 3 is 1.29 bits per heavy atom. The molecule has 0 saturated heterocycles. The van der Waals surface area contributed by atoms with E-state index in [0.29, 0.717) is 0 Å². The lowest BCUT2D eigenvalue weighted by Gasteiger charge is -2.27. The second-order valence-electron chi connectivity index (χ2n) is 7.58. The lowest BCUT2D eigenvalue weighted by atomic mass is 9.89. The highest BCUT2D eigenvalue weighted by Gasteiger charge is 2.28. The van der Waals surface area contributed by atoms with E-state index >= 15 is 0 Å². The van der Waals surface area contributed by atoms with Crippen molar-refractivity contribution in [3.8, 4) is 0 Å². The van der Waals surface area contributed by atoms with E-state index in [1.54, 1.807) is 0 Å². The third kappa shape index (κ3) is 4.84. The van der Waals surface area contributed by atoms with E-state index in [1.807, 2.05) is 12.2 Å². The molecular weight excluding hydrogens is 304 g/mol. The molecule has 0 aromatic heterocycles. The molecule has 0 aliphatic heterocycles. The van der Waals surface area contributed by atoms with Gasteiger partial charge in [-0.25, -0.2) is 0 Å². The molecule has 0 heterocycles. The fourth-order valence-electron chi connectivity index (χ4n) is 4.13. The van der Waals surface area contributed by atoms with Crippen molar-refractivity contribution >= 4 is 11.9 Å². The molecule has 2 unspecified atom stereocenters. The molecule has 0 N–H and O–H groups in total. The molecule has 3 aliphatic rings. The molecule has 3 aliphatic carbocycles. The predicted molar refractivity (Wildman–Crippen MR) is 91.3 cm³/mol. The fraction of sp³-hybridized carbons (Fsp3) is 0.800. The highest BCUT2D eigenvalue weighted by molar-refractivity contribution is 5.73. The van der Waals surface area contributed by atoms with E-state index in [-0.39, 0.29) is 36.0 Å². The minimum atomic E-state index is -0.149. The summed E-state index contributed by atoms with van der Waals surface area (Å²) in [5.41, 5.74) is 0. The lowest BCUT2D eigenvalue weighted by molar-refractivity contribution is -0.157. The van der Waals surface area contributed by atoms with Gasteiger partial charge in [0.2, 0.25) is 0 Å². The van der Waals surface area contributed by atoms with E-state index in [4.69, 9.17) is 9.47 Å². The third-order valence-electron chi connectivity index (χ3n) is 5.69. The summed E-state index contributed by atoms with van der Waals surface area (Å²) in [6.45, 7) is 0. The average Bonchev–Trinajstić information content (AvgIpc) is 2.65. The van der Waals surface area contributed by atoms with Crippen LogP contribution < -0.4 is 0 Å². The van der Waals surface area contributed by atoms with Gasteiger partial charge in [-0.2, -0.15) is 0 Å². The monoisotopic (exact) mass is 334 g/mol. The number of hydrogen-bond acceptors (Lipinski definition) is 4. The first-order valence-electron chi connectivity index (χ1n) is 9.81. The zero-order chi connectivity index (χ0) is 16.8. The largest absolute Gasteiger partial charge is 0.458 e. The second-order valence-corrected chi connectivity index (χ2v) is 7.58. The van der Waals surface area contributed by atoms with Gasteiger partial charge in [-0.3, -0.25) is 9.59 Å². The van der Waals surface area contributed by atoms with E-state index in [2.05, 4.69) is 0 Å². The predicted octanol–water partition coefficient (Wildman–Crippen LogP) is 4.32. The number of esters is 2. The normalized spacial score (nSPS) is 29.2. The molecule has 134 valence electrons. The molecule has 2 fully saturated rings. The molecule has 3 rings (SSSR count). The topological polar surface area (TPSA) is 52.6 Å². The van der Waals surface area contributed by atoms with Gasteiger partial charge in [0.15, 0.2) is 0 Å². The van der Waals surface area contributed by atoms with Crippen LogP contribution in [-0.2, 0) is 19.1 Å². The Balaban J connectivity index is 1.42. The van der Waals surface area contributed by atoms with E-state index in [0.717, 1.165) is 64.2 Å². The smallest absolute Gasteiger partial charge is 0.309 e. The number of hydrogen-bond donors (Lipinski definition) is 0. The van der Waals surface area contributed by atoms with Crippen LogP contribution in [0.4, 0.5) is 0 Å². The van der Waals surface area contributed by atoms with Crippen LogP contribution in [0.2, 0.25) is 0 Å². The van der Waals surface area contributed by atoms with E-state index in [9.17, 15) is 9.59 Å². The molecule has 0 amide bonds. The zero-order valence-corrected chi connectivity index (χ0v) is 14.6. The highest BCUT2D eigenvalue weighted by Crippen LogP contribution is 2.28. The van der Waals surface area contributed by atoms with Crippen LogP contribution in [0.3, 0.4) is 0 Å². The Morgan fingerprint density at radius 1 is 0.583 bits per heavy atom. The molecule has 2 atom stereocenters. The van der Waals surface area contributed by atoms with Gasteiger partial charge in [0.25, 0.3) is 0 Å². The van der Waals surface area contributed by atoms with Crippen LogP contribution in [0.5, 0.6) is 0 Å². The summed E-state index contributed by atoms with van der Waals surface area (Å²) in [5, 5.41) is 0. The van der Waals surface area contributed by atoms with E-state index < -0.39 is 0 Å². The van der Waals surface area contributed by atoms with Gasteiger partial charge in [0, 0.05) is 0 Å². The van der Waals surface area contributed by atoms with Gasteiger partial charge in [0.05, 0.1) is 11.8 Å². The van der Waals surface area contributed by atoms with Crippen molar-refractivity contribution < 1.29 is 19.1 Å². The van der Waals surface area contributed by atoms with Crippen LogP contribution in [0.1, 0.15) is 77.0 Å². The van der Waals surface area contributed by atoms with Gasteiger partial charge >= 0.3 is 11.9 Å². The fourth-order valence-corrected chi connectivity index (χ4v) is 4.13. The van der Waals surface area contributed by atoms with Gasteiger partial charge in [0.1, 0.15) is 12.2 Å². The molecule has 4 nitrogen and oxygen atoms in total. The standard InChI is InChI=1S/C20H30O4/c21-19(15-7-3-1-4-8-15)23-17-11-13-18(14-12-17)24-20(22)16-9-5-2-6-10-16/h11,13,15-18H,1-10,12,14H2. The Kier molecular flexibility index (Phi) is 6.33. The Morgan fingerprint density at radius 2 is 0.958 bits per heavy atom. The highest BCUT2D eigenvalue weighted by atomic mass is 16.6. The summed E-state index contributed by atoms with van der Waals surface area (Å²) in [6.07, 6.45) is 15.9. The number of carbonyl (C=O) groups excluding carboxylic acids is 2. The first-order chi connectivity index (χ1) is 11.7. The molecular formula is C20H30O4. The Labute approximate surface area is 145 Å². The van der Waals surface area contributed by atoms with Gasteiger partial charge in [-0.05, 0) is 50.7 Å². The van der Waals surface area contributed by atoms with Gasteiger partial charge < -0.3 is 9.47 Å². The maximum absolute atomic E-state index is 12.2. The van der Waals surface area contributed by atoms with E-state index in [1.165, 1.54) is 12.8 Å². The molecule has 0 bridgehead atoms. The number of carbonyl (C=O) groups is 2. The van der Waals surface area contributed by atoms with Gasteiger partial charge in [-0.1, -0.05) is 38.5 Å². The van der Waals surface area contributed by atoms with Crippen molar-refractivity contribution in [1.29, 1.82) is 0 Å². The summed E-state index contributed by atoms with van der Waals surface area (Å²) in [7, 11) is 0. The third-order valence-corrected chi connectivity index (χ3v) is 5.69. The quantitative estimate of drug-likeness (QED) is 0.567. The maximum atomic E-state index is 12.2. The average molecular weight is 334 g/mol. The minimum Gasteiger partial charge on any atom is -0.458 e. The van der Waals surface area contributed by atoms with Crippen molar-refractivity contribution in [2.75, 3.05) is 0 Å². The number of ether oxygens (including phenoxy) is 2. The molecule has 0 aromatic rings. The molecule has 4 heteroatoms. The van der Waals surface area contributed by atoms with Crippen LogP contribution in [0.25, 0.3) is 0 Å². The van der Waals surface area contributed by atoms with Crippen LogP contribution in [-0.4, -0.2) is 24.1 Å². The lowest BCUT2D eigenvalue weighted by Crippen LogP contribution is -2.30. The molecule has 0 aromatic carbocycles. The van der Waals surface area contributed by atoms with Crippen molar-refractivity contribution in [2.24, 2.45) is 11.8 Å². The minimum absolute atomic E-state index is 0.0398. The molecule has 2 saturated carbocycles. The maximum Gasteiger partial charge on any atom is 0.309 e. The summed E-state index contributed by atoms with van der Waals surface area (Å²) in [6, 6.07) is 0. The van der Waals surface area contributed by atoms with Crippen molar-refractivity contribution in [3.05, 3.63) is 12.2 Å². The first-order valence-corrected chi connectivity index (χ1v) is 9.81. The SMILES string of the molecule is O=C(OC1C=CC(OC(=O)C2CCCCC2)CC1)C1CCCCC1. The second kappa shape index (κ2) is 8.68. The molecule has 24 heavy (non-hydrogen) atoms. The van der Waals surface area contributed by atoms with Crippen molar-refractivity contribution in [3.63, 3.8) is 0 Å². The van der Waals surface area contributed by atoms with Crippen molar-refractivity contribution in [1.82, 2.24) is 0 Å². The van der Waals surface area contributed by atoms with Crippen molar-refractivity contribution in [2.45, 2.75) is 89.3 Å². The molecule has 0 spiro atoms. The van der Waals surface area contributed by atoms with Crippen LogP contribution in [0.15, 0.2) is 12.2 Å². The van der Waals surface area contributed by atoms with Crippen LogP contribution in [0, 0.1) is 11.8 Å². The van der Waals surface area contributed by atoms with Gasteiger partial charge in [-0.15, -0.1) is 0 Å². The Hall–Kier alpha value is -1.32. The number of rotatable bonds is 4. The van der Waals surface area contributed by atoms with Crippen LogP contribution >= 0.6 is 0 Å². The summed E-state index contributed by atoms with van der Waals surface area (Å²) in [5.74, 6) is 0.104. The zero-order valence-electron chi connectivity index (χ0n) is 14.6. The first kappa shape index (κ1) is 17.5. The summed E-state index contributed by atoms with van der Waals surface area (Å²) in [4.78, 5) is 24.4. The summed E-state index contributed by atoms with van der Waals surface area (Å²) < 4.78 is 11.3. The molecule has 0 radical (unpaired) electrons.